The lowest BCUT2D eigenvalue weighted by Crippen LogP contribution is -2.64. The summed E-state index contributed by atoms with van der Waals surface area (Å²) in [6.45, 7) is 5.94. The second-order valence-electron chi connectivity index (χ2n) is 5.99. The van der Waals surface area contributed by atoms with Crippen molar-refractivity contribution in [3.8, 4) is 0 Å². The summed E-state index contributed by atoms with van der Waals surface area (Å²) in [5.41, 5.74) is 1.58. The molecule has 0 aromatic carbocycles. The minimum atomic E-state index is 0.756. The summed E-state index contributed by atoms with van der Waals surface area (Å²) in [6.07, 6.45) is 7.50. The molecule has 0 spiro atoms. The number of hydrogen-bond acceptors (Lipinski definition) is 1. The third kappa shape index (κ3) is 1.52. The molecule has 0 amide bonds. The first-order valence-corrected chi connectivity index (χ1v) is 5.74. The molecule has 1 nitrogen and oxygen atoms in total. The molecule has 1 heteroatoms. The van der Waals surface area contributed by atoms with Crippen molar-refractivity contribution < 1.29 is 0 Å². The van der Waals surface area contributed by atoms with Gasteiger partial charge in [0.05, 0.1) is 0 Å². The van der Waals surface area contributed by atoms with E-state index in [1.165, 1.54) is 38.6 Å². The van der Waals surface area contributed by atoms with E-state index in [0.29, 0.717) is 0 Å². The van der Waals surface area contributed by atoms with Gasteiger partial charge in [-0.3, -0.25) is 0 Å². The fourth-order valence-corrected chi connectivity index (χ4v) is 3.65. The van der Waals surface area contributed by atoms with Crippen molar-refractivity contribution in [2.45, 2.75) is 46.0 Å². The van der Waals surface area contributed by atoms with Crippen molar-refractivity contribution in [2.75, 3.05) is 13.6 Å². The Morgan fingerprint density at radius 2 is 1.77 bits per heavy atom. The molecule has 0 saturated heterocycles. The zero-order valence-corrected chi connectivity index (χ0v) is 9.32. The monoisotopic (exact) mass is 181 g/mol. The van der Waals surface area contributed by atoms with Gasteiger partial charge >= 0.3 is 0 Å². The minimum absolute atomic E-state index is 0.756. The SMILES string of the molecule is CNCC12CC(CCC(C)C)(C1)C2. The Bertz CT molecular complexity index is 176. The highest BCUT2D eigenvalue weighted by atomic mass is 14.9. The second kappa shape index (κ2) is 2.98. The van der Waals surface area contributed by atoms with Crippen LogP contribution in [0.15, 0.2) is 0 Å². The van der Waals surface area contributed by atoms with E-state index in [2.05, 4.69) is 26.2 Å². The Labute approximate surface area is 82.3 Å². The maximum atomic E-state index is 3.33. The Morgan fingerprint density at radius 1 is 1.15 bits per heavy atom. The Morgan fingerprint density at radius 3 is 2.23 bits per heavy atom. The highest BCUT2D eigenvalue weighted by molar-refractivity contribution is 5.17. The van der Waals surface area contributed by atoms with E-state index in [4.69, 9.17) is 0 Å². The lowest BCUT2D eigenvalue weighted by atomic mass is 9.34. The molecule has 3 saturated carbocycles. The highest BCUT2D eigenvalue weighted by Crippen LogP contribution is 2.74. The first-order valence-electron chi connectivity index (χ1n) is 5.74. The van der Waals surface area contributed by atoms with Crippen molar-refractivity contribution in [1.29, 1.82) is 0 Å². The van der Waals surface area contributed by atoms with Gasteiger partial charge in [0.15, 0.2) is 0 Å². The third-order valence-electron chi connectivity index (χ3n) is 4.05. The Balaban J connectivity index is 1.71. The van der Waals surface area contributed by atoms with Crippen LogP contribution in [0.3, 0.4) is 0 Å². The van der Waals surface area contributed by atoms with Gasteiger partial charge in [-0.25, -0.2) is 0 Å². The van der Waals surface area contributed by atoms with Gasteiger partial charge in [-0.2, -0.15) is 0 Å². The van der Waals surface area contributed by atoms with E-state index < -0.39 is 0 Å². The fraction of sp³-hybridized carbons (Fsp3) is 1.00. The lowest BCUT2D eigenvalue weighted by Gasteiger charge is -2.71. The second-order valence-corrected chi connectivity index (χ2v) is 5.99. The molecule has 3 aliphatic rings. The van der Waals surface area contributed by atoms with Crippen LogP contribution in [-0.4, -0.2) is 13.6 Å². The van der Waals surface area contributed by atoms with Crippen LogP contribution < -0.4 is 5.32 Å². The van der Waals surface area contributed by atoms with E-state index in [9.17, 15) is 0 Å². The minimum Gasteiger partial charge on any atom is -0.319 e. The summed E-state index contributed by atoms with van der Waals surface area (Å²) in [4.78, 5) is 0. The zero-order chi connectivity index (χ0) is 9.53. The maximum absolute atomic E-state index is 3.33. The van der Waals surface area contributed by atoms with Crippen LogP contribution in [0.4, 0.5) is 0 Å². The maximum Gasteiger partial charge on any atom is 0.000542 e. The average Bonchev–Trinajstić information content (AvgIpc) is 1.91. The highest BCUT2D eigenvalue weighted by Gasteiger charge is 2.66. The Kier molecular flexibility index (Phi) is 2.18. The summed E-state index contributed by atoms with van der Waals surface area (Å²) in [7, 11) is 2.08. The summed E-state index contributed by atoms with van der Waals surface area (Å²) in [6, 6.07) is 0. The standard InChI is InChI=1S/C12H23N/c1-10(2)4-5-11-6-12(7-11,8-11)9-13-3/h10,13H,4-9H2,1-3H3. The van der Waals surface area contributed by atoms with Gasteiger partial charge < -0.3 is 5.32 Å². The molecular weight excluding hydrogens is 158 g/mol. The topological polar surface area (TPSA) is 12.0 Å². The molecule has 0 aromatic heterocycles. The molecule has 1 N–H and O–H groups in total. The molecule has 0 aliphatic heterocycles. The fourth-order valence-electron chi connectivity index (χ4n) is 3.65. The Hall–Kier alpha value is -0.0400. The summed E-state index contributed by atoms with van der Waals surface area (Å²) in [5.74, 6) is 0.897. The molecule has 13 heavy (non-hydrogen) atoms. The van der Waals surface area contributed by atoms with Gasteiger partial charge in [0.2, 0.25) is 0 Å². The van der Waals surface area contributed by atoms with E-state index >= 15 is 0 Å². The molecule has 0 radical (unpaired) electrons. The van der Waals surface area contributed by atoms with E-state index in [-0.39, 0.29) is 0 Å². The van der Waals surface area contributed by atoms with Crippen molar-refractivity contribution in [2.24, 2.45) is 16.7 Å². The number of rotatable bonds is 5. The molecule has 0 aromatic rings. The average molecular weight is 181 g/mol. The molecule has 3 fully saturated rings. The van der Waals surface area contributed by atoms with Gasteiger partial charge in [0, 0.05) is 6.54 Å². The quantitative estimate of drug-likeness (QED) is 0.687. The first-order chi connectivity index (χ1) is 6.10. The zero-order valence-electron chi connectivity index (χ0n) is 9.32. The molecular formula is C12H23N. The molecule has 3 aliphatic carbocycles. The van der Waals surface area contributed by atoms with Crippen LogP contribution in [0, 0.1) is 16.7 Å². The predicted octanol–water partition coefficient (Wildman–Crippen LogP) is 2.81. The molecule has 0 heterocycles. The predicted molar refractivity (Wildman–Crippen MR) is 56.7 cm³/mol. The lowest BCUT2D eigenvalue weighted by molar-refractivity contribution is -0.204. The van der Waals surface area contributed by atoms with Gasteiger partial charge in [-0.15, -0.1) is 0 Å². The molecule has 0 atom stereocenters. The smallest absolute Gasteiger partial charge is 0.000542 e. The van der Waals surface area contributed by atoms with Crippen LogP contribution in [0.2, 0.25) is 0 Å². The van der Waals surface area contributed by atoms with Crippen LogP contribution >= 0.6 is 0 Å². The number of hydrogen-bond donors (Lipinski definition) is 1. The van der Waals surface area contributed by atoms with Crippen molar-refractivity contribution in [3.05, 3.63) is 0 Å². The van der Waals surface area contributed by atoms with E-state index in [0.717, 1.165) is 16.7 Å². The summed E-state index contributed by atoms with van der Waals surface area (Å²) in [5, 5.41) is 3.33. The van der Waals surface area contributed by atoms with Crippen LogP contribution in [0.1, 0.15) is 46.0 Å². The van der Waals surface area contributed by atoms with Gasteiger partial charge in [0.25, 0.3) is 0 Å². The largest absolute Gasteiger partial charge is 0.319 e. The molecule has 3 rings (SSSR count). The normalized spacial score (nSPS) is 41.5. The van der Waals surface area contributed by atoms with E-state index in [1.54, 1.807) is 0 Å². The van der Waals surface area contributed by atoms with Gasteiger partial charge in [-0.05, 0) is 49.5 Å². The van der Waals surface area contributed by atoms with Gasteiger partial charge in [0.1, 0.15) is 0 Å². The van der Waals surface area contributed by atoms with E-state index in [1.807, 2.05) is 0 Å². The molecule has 0 unspecified atom stereocenters. The molecule has 2 bridgehead atoms. The number of nitrogens with one attached hydrogen (secondary N) is 1. The van der Waals surface area contributed by atoms with Crippen molar-refractivity contribution in [3.63, 3.8) is 0 Å². The van der Waals surface area contributed by atoms with Crippen molar-refractivity contribution >= 4 is 0 Å². The summed E-state index contributed by atoms with van der Waals surface area (Å²) < 4.78 is 0. The van der Waals surface area contributed by atoms with Crippen LogP contribution in [-0.2, 0) is 0 Å². The first kappa shape index (κ1) is 9.51. The van der Waals surface area contributed by atoms with Crippen LogP contribution in [0.25, 0.3) is 0 Å². The molecule has 76 valence electrons. The van der Waals surface area contributed by atoms with Crippen LogP contribution in [0.5, 0.6) is 0 Å². The third-order valence-corrected chi connectivity index (χ3v) is 4.05. The summed E-state index contributed by atoms with van der Waals surface area (Å²) >= 11 is 0. The van der Waals surface area contributed by atoms with Gasteiger partial charge in [-0.1, -0.05) is 20.3 Å². The van der Waals surface area contributed by atoms with Crippen molar-refractivity contribution in [1.82, 2.24) is 5.32 Å².